The van der Waals surface area contributed by atoms with Crippen LogP contribution in [0.4, 0.5) is 0 Å². The predicted molar refractivity (Wildman–Crippen MR) is 79.6 cm³/mol. The van der Waals surface area contributed by atoms with Crippen LogP contribution in [-0.2, 0) is 13.2 Å². The molecule has 0 unspecified atom stereocenters. The molecule has 0 spiro atoms. The van der Waals surface area contributed by atoms with Crippen LogP contribution in [0.15, 0.2) is 42.6 Å². The fraction of sp³-hybridized carbons (Fsp3) is 0.353. The van der Waals surface area contributed by atoms with Crippen LogP contribution >= 0.6 is 0 Å². The minimum absolute atomic E-state index is 0.585. The zero-order valence-corrected chi connectivity index (χ0v) is 11.8. The Morgan fingerprint density at radius 1 is 1.15 bits per heavy atom. The molecule has 3 nitrogen and oxygen atoms in total. The number of rotatable bonds is 6. The average molecular weight is 268 g/mol. The van der Waals surface area contributed by atoms with Crippen LogP contribution in [0.3, 0.4) is 0 Å². The number of nitrogens with one attached hydrogen (secondary N) is 1. The third-order valence-electron chi connectivity index (χ3n) is 3.47. The van der Waals surface area contributed by atoms with E-state index in [1.165, 1.54) is 24.0 Å². The maximum atomic E-state index is 5.74. The van der Waals surface area contributed by atoms with Gasteiger partial charge in [-0.15, -0.1) is 0 Å². The first-order chi connectivity index (χ1) is 9.79. The number of aromatic nitrogens is 1. The molecule has 0 aliphatic heterocycles. The summed E-state index contributed by atoms with van der Waals surface area (Å²) in [7, 11) is 0. The molecule has 1 aliphatic carbocycles. The quantitative estimate of drug-likeness (QED) is 0.873. The van der Waals surface area contributed by atoms with Gasteiger partial charge < -0.3 is 10.1 Å². The minimum atomic E-state index is 0.585. The summed E-state index contributed by atoms with van der Waals surface area (Å²) in [6.07, 6.45) is 4.41. The lowest BCUT2D eigenvalue weighted by molar-refractivity contribution is 0.304. The van der Waals surface area contributed by atoms with Crippen molar-refractivity contribution in [3.05, 3.63) is 59.4 Å². The summed E-state index contributed by atoms with van der Waals surface area (Å²) in [6, 6.07) is 13.1. The van der Waals surface area contributed by atoms with Gasteiger partial charge in [-0.1, -0.05) is 29.8 Å². The van der Waals surface area contributed by atoms with Gasteiger partial charge in [0.25, 0.3) is 0 Å². The Labute approximate surface area is 120 Å². The van der Waals surface area contributed by atoms with E-state index < -0.39 is 0 Å². The first-order valence-electron chi connectivity index (χ1n) is 7.16. The van der Waals surface area contributed by atoms with E-state index in [0.29, 0.717) is 12.6 Å². The molecular formula is C17H20N2O. The normalized spacial score (nSPS) is 14.2. The van der Waals surface area contributed by atoms with Gasteiger partial charge in [-0.05, 0) is 37.5 Å². The Morgan fingerprint density at radius 2 is 1.95 bits per heavy atom. The van der Waals surface area contributed by atoms with E-state index in [9.17, 15) is 0 Å². The molecule has 1 saturated carbocycles. The number of nitrogens with zero attached hydrogens (tertiary/aromatic N) is 1. The molecular weight excluding hydrogens is 248 g/mol. The van der Waals surface area contributed by atoms with Crippen LogP contribution in [0, 0.1) is 6.92 Å². The third-order valence-corrected chi connectivity index (χ3v) is 3.47. The van der Waals surface area contributed by atoms with E-state index in [0.717, 1.165) is 18.0 Å². The van der Waals surface area contributed by atoms with Crippen molar-refractivity contribution >= 4 is 0 Å². The number of hydrogen-bond donors (Lipinski definition) is 1. The number of benzene rings is 1. The fourth-order valence-electron chi connectivity index (χ4n) is 1.99. The van der Waals surface area contributed by atoms with Crippen molar-refractivity contribution < 1.29 is 4.74 Å². The van der Waals surface area contributed by atoms with Crippen LogP contribution < -0.4 is 10.1 Å². The molecule has 20 heavy (non-hydrogen) atoms. The van der Waals surface area contributed by atoms with Gasteiger partial charge in [0.1, 0.15) is 12.4 Å². The molecule has 0 bridgehead atoms. The Morgan fingerprint density at radius 3 is 2.60 bits per heavy atom. The van der Waals surface area contributed by atoms with E-state index in [2.05, 4.69) is 41.5 Å². The molecule has 0 amide bonds. The summed E-state index contributed by atoms with van der Waals surface area (Å²) in [6.45, 7) is 3.52. The summed E-state index contributed by atoms with van der Waals surface area (Å²) in [4.78, 5) is 4.42. The van der Waals surface area contributed by atoms with Crippen molar-refractivity contribution in [2.45, 2.75) is 39.0 Å². The monoisotopic (exact) mass is 268 g/mol. The Bertz CT molecular complexity index is 544. The van der Waals surface area contributed by atoms with E-state index in [-0.39, 0.29) is 0 Å². The summed E-state index contributed by atoms with van der Waals surface area (Å²) in [5.74, 6) is 0.820. The summed E-state index contributed by atoms with van der Waals surface area (Å²) < 4.78 is 5.74. The highest BCUT2D eigenvalue weighted by atomic mass is 16.5. The summed E-state index contributed by atoms with van der Waals surface area (Å²) in [5.41, 5.74) is 3.51. The van der Waals surface area contributed by atoms with Crippen LogP contribution in [0.1, 0.15) is 29.7 Å². The van der Waals surface area contributed by atoms with E-state index >= 15 is 0 Å². The maximum absolute atomic E-state index is 5.74. The molecule has 3 heteroatoms. The van der Waals surface area contributed by atoms with Gasteiger partial charge in [0.05, 0.1) is 11.9 Å². The summed E-state index contributed by atoms with van der Waals surface area (Å²) in [5, 5.41) is 3.45. The van der Waals surface area contributed by atoms with Crippen LogP contribution in [0.25, 0.3) is 0 Å². The molecule has 104 valence electrons. The summed E-state index contributed by atoms with van der Waals surface area (Å²) >= 11 is 0. The van der Waals surface area contributed by atoms with Gasteiger partial charge in [0, 0.05) is 12.6 Å². The zero-order valence-electron chi connectivity index (χ0n) is 11.8. The standard InChI is InChI=1S/C17H20N2O/c1-13-2-4-14(5-3-13)12-20-17-9-8-16(19-11-17)10-18-15-6-7-15/h2-5,8-9,11,15,18H,6-7,10,12H2,1H3. The highest BCUT2D eigenvalue weighted by Crippen LogP contribution is 2.19. The Hall–Kier alpha value is -1.87. The number of ether oxygens (including phenoxy) is 1. The predicted octanol–water partition coefficient (Wildman–Crippen LogP) is 3.22. The van der Waals surface area contributed by atoms with Crippen LogP contribution in [0.2, 0.25) is 0 Å². The first-order valence-corrected chi connectivity index (χ1v) is 7.16. The van der Waals surface area contributed by atoms with Crippen LogP contribution in [0.5, 0.6) is 5.75 Å². The molecule has 1 fully saturated rings. The minimum Gasteiger partial charge on any atom is -0.487 e. The molecule has 0 saturated heterocycles. The lowest BCUT2D eigenvalue weighted by atomic mass is 10.2. The Balaban J connectivity index is 1.50. The van der Waals surface area contributed by atoms with E-state index in [1.54, 1.807) is 6.20 Å². The van der Waals surface area contributed by atoms with Gasteiger partial charge >= 0.3 is 0 Å². The van der Waals surface area contributed by atoms with Crippen LogP contribution in [-0.4, -0.2) is 11.0 Å². The van der Waals surface area contributed by atoms with Gasteiger partial charge in [0.2, 0.25) is 0 Å². The molecule has 1 aliphatic rings. The molecule has 0 atom stereocenters. The topological polar surface area (TPSA) is 34.1 Å². The molecule has 1 aromatic carbocycles. The number of pyridine rings is 1. The highest BCUT2D eigenvalue weighted by Gasteiger charge is 2.19. The van der Waals surface area contributed by atoms with Gasteiger partial charge in [-0.25, -0.2) is 0 Å². The second-order valence-corrected chi connectivity index (χ2v) is 5.41. The zero-order chi connectivity index (χ0) is 13.8. The smallest absolute Gasteiger partial charge is 0.138 e. The lowest BCUT2D eigenvalue weighted by Crippen LogP contribution is -2.16. The van der Waals surface area contributed by atoms with Crippen molar-refractivity contribution in [2.75, 3.05) is 0 Å². The second kappa shape index (κ2) is 6.06. The maximum Gasteiger partial charge on any atom is 0.138 e. The molecule has 1 heterocycles. The first kappa shape index (κ1) is 13.1. The number of hydrogen-bond acceptors (Lipinski definition) is 3. The second-order valence-electron chi connectivity index (χ2n) is 5.41. The van der Waals surface area contributed by atoms with E-state index in [1.807, 2.05) is 12.1 Å². The SMILES string of the molecule is Cc1ccc(COc2ccc(CNC3CC3)nc2)cc1. The van der Waals surface area contributed by atoms with Crippen molar-refractivity contribution in [2.24, 2.45) is 0 Å². The average Bonchev–Trinajstić information content (AvgIpc) is 3.30. The Kier molecular flexibility index (Phi) is 3.97. The molecule has 0 radical (unpaired) electrons. The lowest BCUT2D eigenvalue weighted by Gasteiger charge is -2.07. The molecule has 3 rings (SSSR count). The van der Waals surface area contributed by atoms with Crippen molar-refractivity contribution in [3.8, 4) is 5.75 Å². The van der Waals surface area contributed by atoms with Gasteiger partial charge in [0.15, 0.2) is 0 Å². The van der Waals surface area contributed by atoms with E-state index in [4.69, 9.17) is 4.74 Å². The van der Waals surface area contributed by atoms with Crippen molar-refractivity contribution in [1.82, 2.24) is 10.3 Å². The van der Waals surface area contributed by atoms with Gasteiger partial charge in [-0.2, -0.15) is 0 Å². The molecule has 1 aromatic heterocycles. The van der Waals surface area contributed by atoms with Crippen molar-refractivity contribution in [1.29, 1.82) is 0 Å². The molecule has 1 N–H and O–H groups in total. The largest absolute Gasteiger partial charge is 0.487 e. The third kappa shape index (κ3) is 3.81. The number of aryl methyl sites for hydroxylation is 1. The molecule has 2 aromatic rings. The fourth-order valence-corrected chi connectivity index (χ4v) is 1.99. The highest BCUT2D eigenvalue weighted by molar-refractivity contribution is 5.23. The van der Waals surface area contributed by atoms with Crippen molar-refractivity contribution in [3.63, 3.8) is 0 Å². The van der Waals surface area contributed by atoms with Gasteiger partial charge in [-0.3, -0.25) is 4.98 Å².